The fourth-order valence-corrected chi connectivity index (χ4v) is 2.77. The van der Waals surface area contributed by atoms with Crippen molar-refractivity contribution in [3.63, 3.8) is 0 Å². The molecule has 0 unspecified atom stereocenters. The van der Waals surface area contributed by atoms with Gasteiger partial charge in [0, 0.05) is 0 Å². The van der Waals surface area contributed by atoms with E-state index in [9.17, 15) is 0 Å². The van der Waals surface area contributed by atoms with Crippen molar-refractivity contribution in [2.45, 2.75) is 51.7 Å². The van der Waals surface area contributed by atoms with Gasteiger partial charge in [0.25, 0.3) is 0 Å². The molecule has 2 bridgehead atoms. The first kappa shape index (κ1) is 14.5. The molecule has 2 atom stereocenters. The topological polar surface area (TPSA) is 27.7 Å². The number of rotatable bonds is 8. The molecule has 0 radical (unpaired) electrons. The molecule has 1 aromatic rings. The monoisotopic (exact) mass is 288 g/mol. The van der Waals surface area contributed by atoms with Crippen LogP contribution in [0.25, 0.3) is 0 Å². The molecule has 0 saturated heterocycles. The van der Waals surface area contributed by atoms with Crippen LogP contribution in [0, 0.1) is 0 Å². The Morgan fingerprint density at radius 1 is 0.857 bits per heavy atom. The fraction of sp³-hybridized carbons (Fsp3) is 0.556. The van der Waals surface area contributed by atoms with Crippen LogP contribution in [0.3, 0.4) is 0 Å². The summed E-state index contributed by atoms with van der Waals surface area (Å²) in [7, 11) is 0. The highest BCUT2D eigenvalue weighted by molar-refractivity contribution is 5.54. The van der Waals surface area contributed by atoms with Crippen molar-refractivity contribution in [2.75, 3.05) is 13.2 Å². The maximum atomic E-state index is 5.94. The van der Waals surface area contributed by atoms with Gasteiger partial charge in [-0.05, 0) is 36.1 Å². The Morgan fingerprint density at radius 3 is 1.76 bits per heavy atom. The van der Waals surface area contributed by atoms with E-state index in [-0.39, 0.29) is 12.2 Å². The van der Waals surface area contributed by atoms with Crippen LogP contribution < -0.4 is 9.47 Å². The summed E-state index contributed by atoms with van der Waals surface area (Å²) in [5, 5.41) is 0. The first-order valence-corrected chi connectivity index (χ1v) is 8.10. The molecule has 0 aliphatic carbocycles. The minimum Gasteiger partial charge on any atom is -0.490 e. The molecule has 0 amide bonds. The van der Waals surface area contributed by atoms with E-state index >= 15 is 0 Å². The first-order valence-electron chi connectivity index (χ1n) is 8.10. The normalized spacial score (nSPS) is 21.6. The van der Waals surface area contributed by atoms with Crippen molar-refractivity contribution in [1.82, 2.24) is 0 Å². The largest absolute Gasteiger partial charge is 0.490 e. The number of unbranched alkanes of at least 4 members (excludes halogenated alkanes) is 2. The van der Waals surface area contributed by atoms with E-state index in [1.807, 2.05) is 0 Å². The molecule has 3 nitrogen and oxygen atoms in total. The van der Waals surface area contributed by atoms with Crippen molar-refractivity contribution >= 4 is 0 Å². The lowest BCUT2D eigenvalue weighted by atomic mass is 9.96. The van der Waals surface area contributed by atoms with Gasteiger partial charge in [-0.15, -0.1) is 0 Å². The molecule has 0 aromatic heterocycles. The molecule has 0 spiro atoms. The molecule has 3 heteroatoms. The fourth-order valence-electron chi connectivity index (χ4n) is 2.77. The number of hydrogen-bond donors (Lipinski definition) is 0. The summed E-state index contributed by atoms with van der Waals surface area (Å²) in [5.41, 5.74) is 2.47. The Kier molecular flexibility index (Phi) is 4.49. The predicted molar refractivity (Wildman–Crippen MR) is 83.0 cm³/mol. The van der Waals surface area contributed by atoms with Gasteiger partial charge in [-0.3, -0.25) is 0 Å². The van der Waals surface area contributed by atoms with Crippen molar-refractivity contribution in [2.24, 2.45) is 0 Å². The molecule has 0 saturated carbocycles. The minimum absolute atomic E-state index is 0.100. The second-order valence-corrected chi connectivity index (χ2v) is 5.69. The zero-order valence-corrected chi connectivity index (χ0v) is 12.9. The van der Waals surface area contributed by atoms with E-state index in [0.29, 0.717) is 0 Å². The van der Waals surface area contributed by atoms with Crippen LogP contribution in [0.5, 0.6) is 11.5 Å². The lowest BCUT2D eigenvalue weighted by Crippen LogP contribution is -2.04. The van der Waals surface area contributed by atoms with Gasteiger partial charge < -0.3 is 14.2 Å². The van der Waals surface area contributed by atoms with Crippen molar-refractivity contribution in [3.8, 4) is 11.5 Å². The highest BCUT2D eigenvalue weighted by atomic mass is 16.5. The van der Waals surface area contributed by atoms with Gasteiger partial charge in [0.05, 0.1) is 13.2 Å². The molecule has 2 heterocycles. The molecule has 114 valence electrons. The van der Waals surface area contributed by atoms with E-state index < -0.39 is 0 Å². The Labute approximate surface area is 126 Å². The van der Waals surface area contributed by atoms with Gasteiger partial charge in [-0.1, -0.05) is 38.8 Å². The second-order valence-electron chi connectivity index (χ2n) is 5.69. The smallest absolute Gasteiger partial charge is 0.161 e. The van der Waals surface area contributed by atoms with Gasteiger partial charge in [-0.2, -0.15) is 0 Å². The highest BCUT2D eigenvalue weighted by Crippen LogP contribution is 2.49. The Balaban J connectivity index is 1.80. The van der Waals surface area contributed by atoms with Gasteiger partial charge in [0.1, 0.15) is 12.2 Å². The summed E-state index contributed by atoms with van der Waals surface area (Å²) in [5.74, 6) is 1.73. The number of hydrogen-bond acceptors (Lipinski definition) is 3. The Bertz CT molecular complexity index is 476. The maximum Gasteiger partial charge on any atom is 0.161 e. The van der Waals surface area contributed by atoms with Crippen LogP contribution in [0.4, 0.5) is 0 Å². The molecule has 21 heavy (non-hydrogen) atoms. The third-order valence-electron chi connectivity index (χ3n) is 4.03. The SMILES string of the molecule is CCCCOc1cc2c(cc1OCCCC)[C@H]1C=C[C@@H]2O1. The van der Waals surface area contributed by atoms with E-state index in [0.717, 1.165) is 50.4 Å². The molecular formula is C18H24O3. The molecule has 0 N–H and O–H groups in total. The lowest BCUT2D eigenvalue weighted by Gasteiger charge is -2.16. The van der Waals surface area contributed by atoms with Crippen LogP contribution in [0.1, 0.15) is 62.9 Å². The lowest BCUT2D eigenvalue weighted by molar-refractivity contribution is 0.0878. The van der Waals surface area contributed by atoms with Crippen LogP contribution in [-0.2, 0) is 4.74 Å². The number of fused-ring (bicyclic) bond motifs is 5. The summed E-state index contributed by atoms with van der Waals surface area (Å²) in [4.78, 5) is 0. The molecule has 1 aromatic carbocycles. The zero-order chi connectivity index (χ0) is 14.7. The minimum atomic E-state index is 0.100. The summed E-state index contributed by atoms with van der Waals surface area (Å²) in [6.07, 6.45) is 8.84. The van der Waals surface area contributed by atoms with E-state index in [1.54, 1.807) is 0 Å². The summed E-state index contributed by atoms with van der Waals surface area (Å²) >= 11 is 0. The molecule has 0 fully saturated rings. The molecule has 2 aliphatic rings. The van der Waals surface area contributed by atoms with Crippen LogP contribution >= 0.6 is 0 Å². The average molecular weight is 288 g/mol. The quantitative estimate of drug-likeness (QED) is 0.511. The Morgan fingerprint density at radius 2 is 1.33 bits per heavy atom. The highest BCUT2D eigenvalue weighted by Gasteiger charge is 2.35. The van der Waals surface area contributed by atoms with Crippen LogP contribution in [-0.4, -0.2) is 13.2 Å². The molecule has 2 aliphatic heterocycles. The van der Waals surface area contributed by atoms with Crippen molar-refractivity contribution in [1.29, 1.82) is 0 Å². The predicted octanol–water partition coefficient (Wildman–Crippen LogP) is 4.73. The standard InChI is InChI=1S/C18H24O3/c1-3-5-9-19-17-11-13-14(16-8-7-15(13)21-16)12-18(17)20-10-6-4-2/h7-8,11-12,15-16H,3-6,9-10H2,1-2H3/t15-,16+. The maximum absolute atomic E-state index is 5.94. The summed E-state index contributed by atoms with van der Waals surface area (Å²) in [6.45, 7) is 5.82. The van der Waals surface area contributed by atoms with Crippen molar-refractivity contribution < 1.29 is 14.2 Å². The average Bonchev–Trinajstić information content (AvgIpc) is 3.09. The molecule has 3 rings (SSSR count). The Hall–Kier alpha value is -1.48. The summed E-state index contributed by atoms with van der Waals surface area (Å²) in [6, 6.07) is 4.22. The van der Waals surface area contributed by atoms with Gasteiger partial charge in [-0.25, -0.2) is 0 Å². The van der Waals surface area contributed by atoms with E-state index in [1.165, 1.54) is 11.1 Å². The van der Waals surface area contributed by atoms with Gasteiger partial charge >= 0.3 is 0 Å². The first-order chi connectivity index (χ1) is 10.3. The van der Waals surface area contributed by atoms with Crippen LogP contribution in [0.15, 0.2) is 24.3 Å². The van der Waals surface area contributed by atoms with Gasteiger partial charge in [0.15, 0.2) is 11.5 Å². The number of ether oxygens (including phenoxy) is 3. The molecular weight excluding hydrogens is 264 g/mol. The third kappa shape index (κ3) is 2.93. The number of benzene rings is 1. The van der Waals surface area contributed by atoms with Gasteiger partial charge in [0.2, 0.25) is 0 Å². The second kappa shape index (κ2) is 6.52. The summed E-state index contributed by atoms with van der Waals surface area (Å²) < 4.78 is 17.8. The van der Waals surface area contributed by atoms with E-state index in [4.69, 9.17) is 14.2 Å². The van der Waals surface area contributed by atoms with Crippen molar-refractivity contribution in [3.05, 3.63) is 35.4 Å². The van der Waals surface area contributed by atoms with E-state index in [2.05, 4.69) is 38.1 Å². The third-order valence-corrected chi connectivity index (χ3v) is 4.03. The van der Waals surface area contributed by atoms with Crippen LogP contribution in [0.2, 0.25) is 0 Å². The zero-order valence-electron chi connectivity index (χ0n) is 12.9.